The number of hydrogen-bond acceptors (Lipinski definition) is 6. The first-order valence-corrected chi connectivity index (χ1v) is 8.68. The first-order valence-electron chi connectivity index (χ1n) is 6.82. The molecule has 25 heavy (non-hydrogen) atoms. The van der Waals surface area contributed by atoms with Crippen LogP contribution in [0.4, 0.5) is 5.69 Å². The van der Waals surface area contributed by atoms with Crippen molar-refractivity contribution in [3.05, 3.63) is 59.4 Å². The lowest BCUT2D eigenvalue weighted by Crippen LogP contribution is -2.15. The predicted octanol–water partition coefficient (Wildman–Crippen LogP) is 1.22. The van der Waals surface area contributed by atoms with Crippen molar-refractivity contribution in [3.63, 3.8) is 0 Å². The number of hydrogen-bond donors (Lipinski definition) is 2. The number of amides is 1. The number of anilines is 1. The van der Waals surface area contributed by atoms with E-state index in [0.29, 0.717) is 5.69 Å². The minimum Gasteiger partial charge on any atom is -0.366 e. The van der Waals surface area contributed by atoms with Crippen LogP contribution in [-0.2, 0) is 10.0 Å². The summed E-state index contributed by atoms with van der Waals surface area (Å²) < 4.78 is 28.8. The standard InChI is InChI=1S/C14H11ClN6O3S/c15-13-6-9(4-5-12(13)14(16)22)18-25(23,24)11-3-1-2-10(7-11)21-8-17-19-20-21/h1-8,18H,(H2,16,22). The number of benzene rings is 2. The van der Waals surface area contributed by atoms with Crippen molar-refractivity contribution in [2.45, 2.75) is 4.90 Å². The summed E-state index contributed by atoms with van der Waals surface area (Å²) in [5, 5.41) is 10.8. The zero-order valence-corrected chi connectivity index (χ0v) is 14.1. The van der Waals surface area contributed by atoms with Gasteiger partial charge in [0.25, 0.3) is 10.0 Å². The monoisotopic (exact) mass is 378 g/mol. The molecule has 11 heteroatoms. The molecule has 3 aromatic rings. The van der Waals surface area contributed by atoms with Gasteiger partial charge in [0, 0.05) is 0 Å². The number of carbonyl (C=O) groups is 1. The molecular weight excluding hydrogens is 368 g/mol. The average molecular weight is 379 g/mol. The highest BCUT2D eigenvalue weighted by molar-refractivity contribution is 7.92. The van der Waals surface area contributed by atoms with Gasteiger partial charge in [-0.15, -0.1) is 5.10 Å². The first-order chi connectivity index (χ1) is 11.9. The van der Waals surface area contributed by atoms with E-state index in [2.05, 4.69) is 20.2 Å². The third-order valence-corrected chi connectivity index (χ3v) is 4.92. The van der Waals surface area contributed by atoms with E-state index in [1.165, 1.54) is 41.3 Å². The molecule has 1 aromatic heterocycles. The van der Waals surface area contributed by atoms with Crippen LogP contribution < -0.4 is 10.5 Å². The molecule has 128 valence electrons. The van der Waals surface area contributed by atoms with Gasteiger partial charge in [-0.2, -0.15) is 0 Å². The Bertz CT molecular complexity index is 1040. The molecule has 1 amide bonds. The van der Waals surface area contributed by atoms with Crippen LogP contribution in [0.5, 0.6) is 0 Å². The molecule has 0 radical (unpaired) electrons. The Labute approximate surface area is 147 Å². The van der Waals surface area contributed by atoms with Crippen molar-refractivity contribution in [2.75, 3.05) is 4.72 Å². The zero-order chi connectivity index (χ0) is 18.0. The van der Waals surface area contributed by atoms with E-state index in [-0.39, 0.29) is 21.2 Å². The van der Waals surface area contributed by atoms with Gasteiger partial charge in [0.15, 0.2) is 0 Å². The van der Waals surface area contributed by atoms with Crippen LogP contribution in [-0.4, -0.2) is 34.5 Å². The van der Waals surface area contributed by atoms with E-state index in [1.54, 1.807) is 12.1 Å². The Kier molecular flexibility index (Phi) is 4.38. The number of nitrogens with zero attached hydrogens (tertiary/aromatic N) is 4. The molecule has 0 saturated carbocycles. The minimum atomic E-state index is -3.88. The Hall–Kier alpha value is -2.98. The summed E-state index contributed by atoms with van der Waals surface area (Å²) in [6, 6.07) is 10.1. The maximum Gasteiger partial charge on any atom is 0.261 e. The van der Waals surface area contributed by atoms with Crippen LogP contribution in [0.15, 0.2) is 53.7 Å². The van der Waals surface area contributed by atoms with Gasteiger partial charge in [0.05, 0.1) is 26.9 Å². The van der Waals surface area contributed by atoms with E-state index in [4.69, 9.17) is 17.3 Å². The van der Waals surface area contributed by atoms with Gasteiger partial charge < -0.3 is 5.73 Å². The topological polar surface area (TPSA) is 133 Å². The van der Waals surface area contributed by atoms with Crippen LogP contribution in [0.2, 0.25) is 5.02 Å². The zero-order valence-electron chi connectivity index (χ0n) is 12.5. The normalized spacial score (nSPS) is 11.2. The molecule has 3 N–H and O–H groups in total. The van der Waals surface area contributed by atoms with Gasteiger partial charge in [-0.25, -0.2) is 13.1 Å². The van der Waals surface area contributed by atoms with Crippen LogP contribution in [0.3, 0.4) is 0 Å². The number of sulfonamides is 1. The molecule has 9 nitrogen and oxygen atoms in total. The maximum absolute atomic E-state index is 12.5. The van der Waals surface area contributed by atoms with Crippen LogP contribution >= 0.6 is 11.6 Å². The van der Waals surface area contributed by atoms with Gasteiger partial charge in [-0.1, -0.05) is 17.7 Å². The van der Waals surface area contributed by atoms with Gasteiger partial charge in [0.2, 0.25) is 5.91 Å². The van der Waals surface area contributed by atoms with E-state index in [0.717, 1.165) is 0 Å². The number of aromatic nitrogens is 4. The summed E-state index contributed by atoms with van der Waals surface area (Å²) in [4.78, 5) is 11.2. The Morgan fingerprint density at radius 3 is 2.64 bits per heavy atom. The summed E-state index contributed by atoms with van der Waals surface area (Å²) in [7, 11) is -3.88. The number of rotatable bonds is 5. The maximum atomic E-state index is 12.5. The van der Waals surface area contributed by atoms with E-state index in [9.17, 15) is 13.2 Å². The van der Waals surface area contributed by atoms with Crippen molar-refractivity contribution in [1.29, 1.82) is 0 Å². The van der Waals surface area contributed by atoms with Crippen molar-refractivity contribution in [1.82, 2.24) is 20.2 Å². The lowest BCUT2D eigenvalue weighted by molar-refractivity contribution is 0.100. The van der Waals surface area contributed by atoms with Crippen LogP contribution in [0.1, 0.15) is 10.4 Å². The van der Waals surface area contributed by atoms with Gasteiger partial charge in [0.1, 0.15) is 6.33 Å². The first kappa shape index (κ1) is 16.9. The van der Waals surface area contributed by atoms with E-state index >= 15 is 0 Å². The number of nitrogens with one attached hydrogen (secondary N) is 1. The molecule has 1 heterocycles. The highest BCUT2D eigenvalue weighted by Gasteiger charge is 2.16. The summed E-state index contributed by atoms with van der Waals surface area (Å²) in [6.07, 6.45) is 1.35. The number of carbonyl (C=O) groups excluding carboxylic acids is 1. The fourth-order valence-corrected chi connectivity index (χ4v) is 3.43. The van der Waals surface area contributed by atoms with Crippen molar-refractivity contribution in [2.24, 2.45) is 5.73 Å². The molecular formula is C14H11ClN6O3S. The molecule has 3 rings (SSSR count). The molecule has 0 aliphatic heterocycles. The SMILES string of the molecule is NC(=O)c1ccc(NS(=O)(=O)c2cccc(-n3cnnn3)c2)cc1Cl. The predicted molar refractivity (Wildman–Crippen MR) is 89.9 cm³/mol. The molecule has 0 saturated heterocycles. The quantitative estimate of drug-likeness (QED) is 0.685. The summed E-state index contributed by atoms with van der Waals surface area (Å²) >= 11 is 5.93. The Balaban J connectivity index is 1.91. The van der Waals surface area contributed by atoms with Crippen LogP contribution in [0.25, 0.3) is 5.69 Å². The fourth-order valence-electron chi connectivity index (χ4n) is 2.07. The number of primary amides is 1. The second kappa shape index (κ2) is 6.49. The molecule has 0 unspecified atom stereocenters. The van der Waals surface area contributed by atoms with Crippen LogP contribution in [0, 0.1) is 0 Å². The molecule has 0 spiro atoms. The van der Waals surface area contributed by atoms with Gasteiger partial charge in [-0.05, 0) is 46.8 Å². The molecule has 2 aromatic carbocycles. The smallest absolute Gasteiger partial charge is 0.261 e. The third kappa shape index (κ3) is 3.59. The van der Waals surface area contributed by atoms with Gasteiger partial charge in [-0.3, -0.25) is 9.52 Å². The third-order valence-electron chi connectivity index (χ3n) is 3.23. The largest absolute Gasteiger partial charge is 0.366 e. The highest BCUT2D eigenvalue weighted by atomic mass is 35.5. The van der Waals surface area contributed by atoms with Crippen molar-refractivity contribution < 1.29 is 13.2 Å². The second-order valence-corrected chi connectivity index (χ2v) is 7.01. The lowest BCUT2D eigenvalue weighted by atomic mass is 10.2. The molecule has 0 atom stereocenters. The summed E-state index contributed by atoms with van der Waals surface area (Å²) in [5.41, 5.74) is 5.95. The van der Waals surface area contributed by atoms with Gasteiger partial charge >= 0.3 is 0 Å². The van der Waals surface area contributed by atoms with Crippen molar-refractivity contribution in [3.8, 4) is 5.69 Å². The molecule has 0 aliphatic rings. The van der Waals surface area contributed by atoms with Crippen molar-refractivity contribution >= 4 is 33.2 Å². The Morgan fingerprint density at radius 2 is 2.00 bits per heavy atom. The number of halogens is 1. The fraction of sp³-hybridized carbons (Fsp3) is 0. The lowest BCUT2D eigenvalue weighted by Gasteiger charge is -2.10. The highest BCUT2D eigenvalue weighted by Crippen LogP contribution is 2.23. The van der Waals surface area contributed by atoms with E-state index in [1.807, 2.05) is 0 Å². The summed E-state index contributed by atoms with van der Waals surface area (Å²) in [6.45, 7) is 0. The second-order valence-electron chi connectivity index (χ2n) is 4.92. The molecule has 0 fully saturated rings. The van der Waals surface area contributed by atoms with E-state index < -0.39 is 15.9 Å². The Morgan fingerprint density at radius 1 is 1.20 bits per heavy atom. The average Bonchev–Trinajstić information content (AvgIpc) is 3.09. The molecule has 0 aliphatic carbocycles. The summed E-state index contributed by atoms with van der Waals surface area (Å²) in [5.74, 6) is -0.700. The number of nitrogens with two attached hydrogens (primary N) is 1. The number of tetrazole rings is 1. The minimum absolute atomic E-state index is 0.00982. The molecule has 0 bridgehead atoms.